The van der Waals surface area contributed by atoms with Gasteiger partial charge in [-0.1, -0.05) is 11.8 Å². The summed E-state index contributed by atoms with van der Waals surface area (Å²) in [5.74, 6) is 0. The maximum absolute atomic E-state index is 9.53. The van der Waals surface area contributed by atoms with Gasteiger partial charge in [-0.2, -0.15) is 0 Å². The number of rotatable bonds is 1. The van der Waals surface area contributed by atoms with Crippen LogP contribution in [0.1, 0.15) is 0 Å². The summed E-state index contributed by atoms with van der Waals surface area (Å²) in [5, 5.41) is 28.2. The van der Waals surface area contributed by atoms with Crippen LogP contribution in [0.3, 0.4) is 0 Å². The molecule has 0 aromatic rings. The summed E-state index contributed by atoms with van der Waals surface area (Å²) in [6.07, 6.45) is -1.75. The number of hydrogen-bond acceptors (Lipinski definition) is 6. The molecule has 74 valence electrons. The van der Waals surface area contributed by atoms with Crippen molar-refractivity contribution < 1.29 is 20.1 Å². The van der Waals surface area contributed by atoms with Gasteiger partial charge < -0.3 is 20.1 Å². The van der Waals surface area contributed by atoms with Gasteiger partial charge in [-0.15, -0.1) is 0 Å². The van der Waals surface area contributed by atoms with Crippen LogP contribution in [0, 0.1) is 0 Å². The number of thioether (sulfide) groups is 1. The van der Waals surface area contributed by atoms with Crippen molar-refractivity contribution >= 4 is 16.8 Å². The molecule has 4 unspecified atom stereocenters. The van der Waals surface area contributed by atoms with Crippen molar-refractivity contribution in [2.24, 2.45) is 4.99 Å². The molecule has 1 saturated heterocycles. The minimum absolute atomic E-state index is 0.129. The van der Waals surface area contributed by atoms with Gasteiger partial charge >= 0.3 is 0 Å². The van der Waals surface area contributed by atoms with Crippen molar-refractivity contribution in [1.29, 1.82) is 0 Å². The smallest absolute Gasteiger partial charge is 0.134 e. The molecule has 0 amide bonds. The van der Waals surface area contributed by atoms with Gasteiger partial charge in [-0.3, -0.25) is 4.99 Å². The molecule has 2 aliphatic heterocycles. The van der Waals surface area contributed by atoms with E-state index < -0.39 is 18.2 Å². The predicted octanol–water partition coefficient (Wildman–Crippen LogP) is -1.43. The average Bonchev–Trinajstić information content (AvgIpc) is 2.55. The van der Waals surface area contributed by atoms with E-state index in [-0.39, 0.29) is 18.6 Å². The van der Waals surface area contributed by atoms with E-state index in [9.17, 15) is 10.2 Å². The lowest BCUT2D eigenvalue weighted by Gasteiger charge is -2.31. The number of aliphatic imine (C=N–C) groups is 1. The van der Waals surface area contributed by atoms with E-state index in [1.165, 1.54) is 11.8 Å². The molecule has 0 aromatic carbocycles. The lowest BCUT2D eigenvalue weighted by Crippen LogP contribution is -2.49. The molecule has 0 radical (unpaired) electrons. The number of aliphatic hydroxyl groups is 3. The fourth-order valence-electron chi connectivity index (χ4n) is 1.43. The van der Waals surface area contributed by atoms with E-state index >= 15 is 0 Å². The standard InChI is InChI=1S/C7H11NO4S/c9-1-4-8-5-6(11)3(10)2-12-7(5)13-4/h3,5-7,9-11H,1-2H2. The van der Waals surface area contributed by atoms with Crippen LogP contribution in [0.2, 0.25) is 0 Å². The molecule has 2 rings (SSSR count). The Morgan fingerprint density at radius 3 is 3.00 bits per heavy atom. The Morgan fingerprint density at radius 1 is 1.54 bits per heavy atom. The summed E-state index contributed by atoms with van der Waals surface area (Å²) >= 11 is 1.31. The molecule has 1 fully saturated rings. The first-order valence-corrected chi connectivity index (χ1v) is 4.92. The highest BCUT2D eigenvalue weighted by Gasteiger charge is 2.43. The second kappa shape index (κ2) is 3.55. The molecule has 4 atom stereocenters. The molecule has 3 N–H and O–H groups in total. The van der Waals surface area contributed by atoms with E-state index in [0.717, 1.165) is 0 Å². The fraction of sp³-hybridized carbons (Fsp3) is 0.857. The molecular formula is C7H11NO4S. The largest absolute Gasteiger partial charge is 0.390 e. The zero-order valence-corrected chi connectivity index (χ0v) is 7.65. The molecule has 2 aliphatic rings. The van der Waals surface area contributed by atoms with E-state index in [1.807, 2.05) is 0 Å². The minimum Gasteiger partial charge on any atom is -0.390 e. The molecule has 5 nitrogen and oxygen atoms in total. The third-order valence-corrected chi connectivity index (χ3v) is 3.29. The quantitative estimate of drug-likeness (QED) is 0.489. The molecule has 6 heteroatoms. The first kappa shape index (κ1) is 9.42. The van der Waals surface area contributed by atoms with Crippen LogP contribution in [0.15, 0.2) is 4.99 Å². The Bertz CT molecular complexity index is 235. The first-order chi connectivity index (χ1) is 6.22. The van der Waals surface area contributed by atoms with Crippen molar-refractivity contribution in [3.05, 3.63) is 0 Å². The van der Waals surface area contributed by atoms with Crippen LogP contribution >= 0.6 is 11.8 Å². The summed E-state index contributed by atoms with van der Waals surface area (Å²) in [6.45, 7) is -0.00654. The Morgan fingerprint density at radius 2 is 2.31 bits per heavy atom. The van der Waals surface area contributed by atoms with E-state index in [2.05, 4.69) is 4.99 Å². The summed E-state index contributed by atoms with van der Waals surface area (Å²) < 4.78 is 5.24. The van der Waals surface area contributed by atoms with Crippen molar-refractivity contribution in [2.45, 2.75) is 23.7 Å². The molecule has 0 aromatic heterocycles. The van der Waals surface area contributed by atoms with E-state index in [0.29, 0.717) is 5.04 Å². The zero-order chi connectivity index (χ0) is 9.42. The first-order valence-electron chi connectivity index (χ1n) is 4.04. The lowest BCUT2D eigenvalue weighted by molar-refractivity contribution is -0.105. The van der Waals surface area contributed by atoms with Crippen molar-refractivity contribution in [3.63, 3.8) is 0 Å². The van der Waals surface area contributed by atoms with Crippen LogP contribution in [-0.2, 0) is 4.74 Å². The molecule has 0 spiro atoms. The van der Waals surface area contributed by atoms with Gasteiger partial charge in [-0.25, -0.2) is 0 Å². The highest BCUT2D eigenvalue weighted by Crippen LogP contribution is 2.33. The number of hydrogen-bond donors (Lipinski definition) is 3. The van der Waals surface area contributed by atoms with Crippen LogP contribution < -0.4 is 0 Å². The van der Waals surface area contributed by atoms with Crippen molar-refractivity contribution in [2.75, 3.05) is 13.2 Å². The highest BCUT2D eigenvalue weighted by atomic mass is 32.2. The van der Waals surface area contributed by atoms with Crippen LogP contribution in [0.25, 0.3) is 0 Å². The van der Waals surface area contributed by atoms with Gasteiger partial charge in [0.05, 0.1) is 18.3 Å². The highest BCUT2D eigenvalue weighted by molar-refractivity contribution is 8.14. The SMILES string of the molecule is OCC1=NC2C(OCC(O)C2O)S1. The van der Waals surface area contributed by atoms with Gasteiger partial charge in [0.25, 0.3) is 0 Å². The molecular weight excluding hydrogens is 194 g/mol. The van der Waals surface area contributed by atoms with Gasteiger partial charge in [0.2, 0.25) is 0 Å². The van der Waals surface area contributed by atoms with Crippen LogP contribution in [0.4, 0.5) is 0 Å². The average molecular weight is 205 g/mol. The monoisotopic (exact) mass is 205 g/mol. The molecule has 0 saturated carbocycles. The second-order valence-corrected chi connectivity index (χ2v) is 4.22. The molecule has 0 bridgehead atoms. The summed E-state index contributed by atoms with van der Waals surface area (Å²) in [5.41, 5.74) is -0.249. The van der Waals surface area contributed by atoms with Gasteiger partial charge in [0.1, 0.15) is 23.7 Å². The molecule has 0 aliphatic carbocycles. The summed E-state index contributed by atoms with van der Waals surface area (Å²) in [4.78, 5) is 4.05. The Balaban J connectivity index is 2.11. The van der Waals surface area contributed by atoms with Crippen molar-refractivity contribution in [3.8, 4) is 0 Å². The number of fused-ring (bicyclic) bond motifs is 1. The number of nitrogens with zero attached hydrogens (tertiary/aromatic N) is 1. The summed E-state index contributed by atoms with van der Waals surface area (Å²) in [7, 11) is 0. The van der Waals surface area contributed by atoms with Crippen LogP contribution in [0.5, 0.6) is 0 Å². The normalized spacial score (nSPS) is 44.4. The zero-order valence-electron chi connectivity index (χ0n) is 6.83. The lowest BCUT2D eigenvalue weighted by atomic mass is 10.1. The Kier molecular flexibility index (Phi) is 2.57. The third kappa shape index (κ3) is 1.60. The maximum Gasteiger partial charge on any atom is 0.134 e. The fourth-order valence-corrected chi connectivity index (χ4v) is 2.46. The maximum atomic E-state index is 9.53. The predicted molar refractivity (Wildman–Crippen MR) is 47.7 cm³/mol. The summed E-state index contributed by atoms with van der Waals surface area (Å²) in [6, 6.07) is -0.434. The van der Waals surface area contributed by atoms with Gasteiger partial charge in [-0.05, 0) is 0 Å². The van der Waals surface area contributed by atoms with Crippen molar-refractivity contribution in [1.82, 2.24) is 0 Å². The van der Waals surface area contributed by atoms with Crippen LogP contribution in [-0.4, -0.2) is 57.3 Å². The molecule has 13 heavy (non-hydrogen) atoms. The van der Waals surface area contributed by atoms with E-state index in [4.69, 9.17) is 9.84 Å². The Hall–Kier alpha value is -0.140. The molecule has 2 heterocycles. The number of aliphatic hydroxyl groups excluding tert-OH is 3. The third-order valence-electron chi connectivity index (χ3n) is 2.13. The minimum atomic E-state index is -0.879. The second-order valence-electron chi connectivity index (χ2n) is 3.05. The van der Waals surface area contributed by atoms with E-state index in [1.54, 1.807) is 0 Å². The number of ether oxygens (including phenoxy) is 1. The van der Waals surface area contributed by atoms with Gasteiger partial charge in [0.15, 0.2) is 0 Å². The topological polar surface area (TPSA) is 82.3 Å². The van der Waals surface area contributed by atoms with Gasteiger partial charge in [0, 0.05) is 0 Å². The Labute approximate surface area is 79.4 Å².